The third-order valence-electron chi connectivity index (χ3n) is 3.74. The average molecular weight is 249 g/mol. The van der Waals surface area contributed by atoms with Gasteiger partial charge in [0, 0.05) is 19.5 Å². The Balaban J connectivity index is 1.97. The molecule has 0 aromatic heterocycles. The standard InChI is InChI=1S/C15H23NO2/c1-11-4-5-13(8-12(11)2)9-14(17)15-10-16(3)6-7-18-15/h4-5,8,14-15,17H,6-7,9-10H2,1-3H3. The SMILES string of the molecule is Cc1ccc(CC(O)C2CN(C)CCO2)cc1C. The van der Waals surface area contributed by atoms with Crippen molar-refractivity contribution >= 4 is 0 Å². The number of nitrogens with zero attached hydrogens (tertiary/aromatic N) is 1. The molecule has 0 saturated carbocycles. The lowest BCUT2D eigenvalue weighted by atomic mass is 9.99. The summed E-state index contributed by atoms with van der Waals surface area (Å²) in [4.78, 5) is 2.21. The molecule has 18 heavy (non-hydrogen) atoms. The number of hydrogen-bond acceptors (Lipinski definition) is 3. The fraction of sp³-hybridized carbons (Fsp3) is 0.600. The highest BCUT2D eigenvalue weighted by Gasteiger charge is 2.25. The van der Waals surface area contributed by atoms with Crippen molar-refractivity contribution in [1.82, 2.24) is 4.90 Å². The van der Waals surface area contributed by atoms with Crippen LogP contribution in [-0.4, -0.2) is 49.0 Å². The lowest BCUT2D eigenvalue weighted by molar-refractivity contribution is -0.0823. The van der Waals surface area contributed by atoms with Gasteiger partial charge in [0.2, 0.25) is 0 Å². The normalized spacial score (nSPS) is 23.0. The molecule has 0 bridgehead atoms. The molecule has 1 heterocycles. The van der Waals surface area contributed by atoms with Crippen molar-refractivity contribution in [2.75, 3.05) is 26.7 Å². The minimum absolute atomic E-state index is 0.0645. The van der Waals surface area contributed by atoms with Crippen molar-refractivity contribution < 1.29 is 9.84 Å². The highest BCUT2D eigenvalue weighted by molar-refractivity contribution is 5.30. The van der Waals surface area contributed by atoms with Crippen molar-refractivity contribution in [2.45, 2.75) is 32.5 Å². The predicted molar refractivity (Wildman–Crippen MR) is 72.9 cm³/mol. The molecule has 2 unspecified atom stereocenters. The molecule has 3 nitrogen and oxygen atoms in total. The summed E-state index contributed by atoms with van der Waals surface area (Å²) in [6.07, 6.45) is 0.180. The van der Waals surface area contributed by atoms with Crippen LogP contribution in [0.2, 0.25) is 0 Å². The number of morpholine rings is 1. The summed E-state index contributed by atoms with van der Waals surface area (Å²) < 4.78 is 5.64. The molecule has 0 aliphatic carbocycles. The molecule has 0 amide bonds. The number of aryl methyl sites for hydroxylation is 2. The summed E-state index contributed by atoms with van der Waals surface area (Å²) in [6, 6.07) is 6.37. The number of aliphatic hydroxyl groups is 1. The van der Waals surface area contributed by atoms with Gasteiger partial charge in [-0.2, -0.15) is 0 Å². The molecule has 1 saturated heterocycles. The fourth-order valence-electron chi connectivity index (χ4n) is 2.35. The third-order valence-corrected chi connectivity index (χ3v) is 3.74. The van der Waals surface area contributed by atoms with E-state index in [9.17, 15) is 5.11 Å². The van der Waals surface area contributed by atoms with Crippen molar-refractivity contribution in [1.29, 1.82) is 0 Å². The van der Waals surface area contributed by atoms with Gasteiger partial charge >= 0.3 is 0 Å². The van der Waals surface area contributed by atoms with E-state index in [1.54, 1.807) is 0 Å². The number of aliphatic hydroxyl groups excluding tert-OH is 1. The van der Waals surface area contributed by atoms with Crippen molar-refractivity contribution in [2.24, 2.45) is 0 Å². The van der Waals surface area contributed by atoms with Crippen LogP contribution in [0.1, 0.15) is 16.7 Å². The van der Waals surface area contributed by atoms with Crippen molar-refractivity contribution in [3.8, 4) is 0 Å². The Morgan fingerprint density at radius 3 is 2.83 bits per heavy atom. The van der Waals surface area contributed by atoms with Crippen LogP contribution in [0.5, 0.6) is 0 Å². The maximum Gasteiger partial charge on any atom is 0.0964 e. The highest BCUT2D eigenvalue weighted by Crippen LogP contribution is 2.15. The summed E-state index contributed by atoms with van der Waals surface area (Å²) in [5.41, 5.74) is 3.76. The third kappa shape index (κ3) is 3.31. The van der Waals surface area contributed by atoms with E-state index < -0.39 is 6.10 Å². The first-order chi connectivity index (χ1) is 8.56. The summed E-state index contributed by atoms with van der Waals surface area (Å²) >= 11 is 0. The number of hydrogen-bond donors (Lipinski definition) is 1. The van der Waals surface area contributed by atoms with Gasteiger partial charge < -0.3 is 14.7 Å². The van der Waals surface area contributed by atoms with Gasteiger partial charge in [0.25, 0.3) is 0 Å². The number of likely N-dealkylation sites (N-methyl/N-ethyl adjacent to an activating group) is 1. The van der Waals surface area contributed by atoms with E-state index in [1.165, 1.54) is 16.7 Å². The first kappa shape index (κ1) is 13.5. The molecule has 0 radical (unpaired) electrons. The van der Waals surface area contributed by atoms with Crippen LogP contribution >= 0.6 is 0 Å². The Kier molecular flexibility index (Phi) is 4.38. The molecular weight excluding hydrogens is 226 g/mol. The minimum Gasteiger partial charge on any atom is -0.390 e. The van der Waals surface area contributed by atoms with E-state index in [0.29, 0.717) is 13.0 Å². The first-order valence-corrected chi connectivity index (χ1v) is 6.60. The molecule has 1 aromatic rings. The Labute approximate surface area is 109 Å². The van der Waals surface area contributed by atoms with Crippen LogP contribution in [-0.2, 0) is 11.2 Å². The molecule has 1 fully saturated rings. The zero-order valence-corrected chi connectivity index (χ0v) is 11.5. The molecule has 1 aromatic carbocycles. The van der Waals surface area contributed by atoms with Gasteiger partial charge in [0.15, 0.2) is 0 Å². The van der Waals surface area contributed by atoms with Crippen molar-refractivity contribution in [3.05, 3.63) is 34.9 Å². The number of ether oxygens (including phenoxy) is 1. The van der Waals surface area contributed by atoms with Gasteiger partial charge in [0.05, 0.1) is 18.8 Å². The fourth-order valence-corrected chi connectivity index (χ4v) is 2.35. The second-order valence-electron chi connectivity index (χ2n) is 5.36. The van der Waals surface area contributed by atoms with Crippen molar-refractivity contribution in [3.63, 3.8) is 0 Å². The molecule has 1 aliphatic rings. The Bertz CT molecular complexity index is 405. The summed E-state index contributed by atoms with van der Waals surface area (Å²) in [5, 5.41) is 10.3. The quantitative estimate of drug-likeness (QED) is 0.882. The topological polar surface area (TPSA) is 32.7 Å². The van der Waals surface area contributed by atoms with Crippen LogP contribution in [0.4, 0.5) is 0 Å². The van der Waals surface area contributed by atoms with Crippen LogP contribution < -0.4 is 0 Å². The number of rotatable bonds is 3. The van der Waals surface area contributed by atoms with Crippen LogP contribution in [0.3, 0.4) is 0 Å². The summed E-state index contributed by atoms with van der Waals surface area (Å²) in [5.74, 6) is 0. The average Bonchev–Trinajstić information content (AvgIpc) is 2.34. The Morgan fingerprint density at radius 1 is 1.39 bits per heavy atom. The van der Waals surface area contributed by atoms with Gasteiger partial charge in [-0.1, -0.05) is 18.2 Å². The second-order valence-corrected chi connectivity index (χ2v) is 5.36. The summed E-state index contributed by atoms with van der Waals surface area (Å²) in [6.45, 7) is 6.69. The van der Waals surface area contributed by atoms with E-state index in [0.717, 1.165) is 13.1 Å². The lowest BCUT2D eigenvalue weighted by Crippen LogP contribution is -2.46. The van der Waals surface area contributed by atoms with E-state index in [1.807, 2.05) is 0 Å². The monoisotopic (exact) mass is 249 g/mol. The summed E-state index contributed by atoms with van der Waals surface area (Å²) in [7, 11) is 2.07. The zero-order chi connectivity index (χ0) is 13.1. The molecule has 2 atom stereocenters. The highest BCUT2D eigenvalue weighted by atomic mass is 16.5. The van der Waals surface area contributed by atoms with E-state index in [-0.39, 0.29) is 6.10 Å². The van der Waals surface area contributed by atoms with Gasteiger partial charge in [-0.3, -0.25) is 0 Å². The van der Waals surface area contributed by atoms with Crippen LogP contribution in [0.25, 0.3) is 0 Å². The Morgan fingerprint density at radius 2 is 2.17 bits per heavy atom. The maximum atomic E-state index is 10.3. The zero-order valence-electron chi connectivity index (χ0n) is 11.5. The predicted octanol–water partition coefficient (Wildman–Crippen LogP) is 1.54. The van der Waals surface area contributed by atoms with Gasteiger partial charge in [0.1, 0.15) is 0 Å². The molecule has 1 N–H and O–H groups in total. The number of benzene rings is 1. The maximum absolute atomic E-state index is 10.3. The van der Waals surface area contributed by atoms with Crippen LogP contribution in [0.15, 0.2) is 18.2 Å². The van der Waals surface area contributed by atoms with Gasteiger partial charge in [-0.15, -0.1) is 0 Å². The first-order valence-electron chi connectivity index (χ1n) is 6.60. The molecule has 0 spiro atoms. The van der Waals surface area contributed by atoms with Gasteiger partial charge in [-0.05, 0) is 37.6 Å². The molecular formula is C15H23NO2. The van der Waals surface area contributed by atoms with E-state index >= 15 is 0 Å². The minimum atomic E-state index is -0.421. The molecule has 1 aliphatic heterocycles. The van der Waals surface area contributed by atoms with Gasteiger partial charge in [-0.25, -0.2) is 0 Å². The Hall–Kier alpha value is -0.900. The second kappa shape index (κ2) is 5.83. The smallest absolute Gasteiger partial charge is 0.0964 e. The van der Waals surface area contributed by atoms with E-state index in [4.69, 9.17) is 4.74 Å². The molecule has 100 valence electrons. The van der Waals surface area contributed by atoms with Crippen LogP contribution in [0, 0.1) is 13.8 Å². The lowest BCUT2D eigenvalue weighted by Gasteiger charge is -2.33. The largest absolute Gasteiger partial charge is 0.390 e. The molecule has 3 heteroatoms. The molecule has 2 rings (SSSR count). The van der Waals surface area contributed by atoms with E-state index in [2.05, 4.69) is 44.0 Å².